The van der Waals surface area contributed by atoms with E-state index in [0.717, 1.165) is 57.8 Å². The molecule has 2 N–H and O–H groups in total. The summed E-state index contributed by atoms with van der Waals surface area (Å²) in [6.07, 6.45) is 2.09. The lowest BCUT2D eigenvalue weighted by atomic mass is 9.85. The van der Waals surface area contributed by atoms with Crippen LogP contribution in [0.1, 0.15) is 24.4 Å². The third-order valence-electron chi connectivity index (χ3n) is 4.83. The summed E-state index contributed by atoms with van der Waals surface area (Å²) in [5.74, 6) is 1.37. The number of methoxy groups -OCH3 is 1. The fraction of sp³-hybridized carbons (Fsp3) is 0.647. The van der Waals surface area contributed by atoms with E-state index in [1.54, 1.807) is 7.11 Å². The minimum atomic E-state index is 0.237. The van der Waals surface area contributed by atoms with Gasteiger partial charge in [-0.05, 0) is 24.8 Å². The normalized spacial score (nSPS) is 22.4. The molecule has 0 radical (unpaired) electrons. The van der Waals surface area contributed by atoms with Crippen molar-refractivity contribution in [2.45, 2.75) is 18.9 Å². The summed E-state index contributed by atoms with van der Waals surface area (Å²) in [5.41, 5.74) is 0.994. The average molecular weight is 306 g/mol. The van der Waals surface area contributed by atoms with Crippen molar-refractivity contribution in [1.82, 2.24) is 10.2 Å². The Hall–Kier alpha value is -1.30. The molecule has 1 aromatic rings. The third-order valence-corrected chi connectivity index (χ3v) is 4.83. The smallest absolute Gasteiger partial charge is 0.162 e. The summed E-state index contributed by atoms with van der Waals surface area (Å²) in [4.78, 5) is 2.50. The van der Waals surface area contributed by atoms with Crippen molar-refractivity contribution in [2.75, 3.05) is 46.5 Å². The highest BCUT2D eigenvalue weighted by atomic mass is 16.5. The lowest BCUT2D eigenvalue weighted by molar-refractivity contribution is 0.0205. The van der Waals surface area contributed by atoms with Crippen molar-refractivity contribution in [2.24, 2.45) is 5.92 Å². The second-order valence-electron chi connectivity index (χ2n) is 6.08. The van der Waals surface area contributed by atoms with Gasteiger partial charge in [0.1, 0.15) is 0 Å². The van der Waals surface area contributed by atoms with Crippen LogP contribution < -0.4 is 10.1 Å². The van der Waals surface area contributed by atoms with Gasteiger partial charge >= 0.3 is 0 Å². The van der Waals surface area contributed by atoms with Gasteiger partial charge in [-0.3, -0.25) is 4.90 Å². The molecule has 5 nitrogen and oxygen atoms in total. The Balaban J connectivity index is 1.93. The SMILES string of the molecule is COc1cccc([C@H](C2CCOCC2)N2CCNCC2)c1O. The van der Waals surface area contributed by atoms with Crippen molar-refractivity contribution < 1.29 is 14.6 Å². The summed E-state index contributed by atoms with van der Waals surface area (Å²) < 4.78 is 10.8. The molecule has 0 amide bonds. The molecule has 1 atom stereocenters. The van der Waals surface area contributed by atoms with Crippen LogP contribution in [0.25, 0.3) is 0 Å². The quantitative estimate of drug-likeness (QED) is 0.888. The summed E-state index contributed by atoms with van der Waals surface area (Å²) in [7, 11) is 1.60. The Morgan fingerprint density at radius 1 is 1.27 bits per heavy atom. The number of nitrogens with zero attached hydrogens (tertiary/aromatic N) is 1. The molecule has 0 spiro atoms. The molecule has 0 aromatic heterocycles. The van der Waals surface area contributed by atoms with Crippen molar-refractivity contribution >= 4 is 0 Å². The monoisotopic (exact) mass is 306 g/mol. The van der Waals surface area contributed by atoms with Gasteiger partial charge in [-0.1, -0.05) is 12.1 Å². The average Bonchev–Trinajstić information content (AvgIpc) is 2.59. The van der Waals surface area contributed by atoms with Gasteiger partial charge in [0.2, 0.25) is 0 Å². The van der Waals surface area contributed by atoms with Crippen LogP contribution >= 0.6 is 0 Å². The number of ether oxygens (including phenoxy) is 2. The number of phenols is 1. The zero-order valence-corrected chi connectivity index (χ0v) is 13.3. The molecule has 2 aliphatic heterocycles. The zero-order chi connectivity index (χ0) is 15.4. The Bertz CT molecular complexity index is 465. The maximum atomic E-state index is 10.6. The largest absolute Gasteiger partial charge is 0.504 e. The van der Waals surface area contributed by atoms with Crippen LogP contribution in [-0.2, 0) is 4.74 Å². The molecule has 2 aliphatic rings. The molecule has 0 unspecified atom stereocenters. The van der Waals surface area contributed by atoms with Gasteiger partial charge in [-0.2, -0.15) is 0 Å². The van der Waals surface area contributed by atoms with Crippen LogP contribution in [0.3, 0.4) is 0 Å². The number of nitrogens with one attached hydrogen (secondary N) is 1. The van der Waals surface area contributed by atoms with E-state index in [9.17, 15) is 5.11 Å². The van der Waals surface area contributed by atoms with Crippen LogP contribution in [0.15, 0.2) is 18.2 Å². The lowest BCUT2D eigenvalue weighted by Crippen LogP contribution is -2.47. The number of aromatic hydroxyl groups is 1. The number of para-hydroxylation sites is 1. The van der Waals surface area contributed by atoms with E-state index in [1.165, 1.54) is 0 Å². The molecule has 0 aliphatic carbocycles. The predicted molar refractivity (Wildman–Crippen MR) is 85.4 cm³/mol. The van der Waals surface area contributed by atoms with Crippen LogP contribution in [-0.4, -0.2) is 56.5 Å². The number of piperazine rings is 1. The molecular weight excluding hydrogens is 280 g/mol. The first-order chi connectivity index (χ1) is 10.8. The Morgan fingerprint density at radius 2 is 2.00 bits per heavy atom. The Morgan fingerprint density at radius 3 is 2.68 bits per heavy atom. The van der Waals surface area contributed by atoms with Crippen LogP contribution in [0.4, 0.5) is 0 Å². The van der Waals surface area contributed by atoms with E-state index < -0.39 is 0 Å². The summed E-state index contributed by atoms with van der Waals surface area (Å²) in [5, 5.41) is 14.0. The maximum Gasteiger partial charge on any atom is 0.162 e. The maximum absolute atomic E-state index is 10.6. The molecular formula is C17H26N2O3. The van der Waals surface area contributed by atoms with Gasteiger partial charge in [0, 0.05) is 51.0 Å². The minimum Gasteiger partial charge on any atom is -0.504 e. The Kier molecular flexibility index (Phi) is 5.18. The summed E-state index contributed by atoms with van der Waals surface area (Å²) in [6.45, 7) is 5.67. The van der Waals surface area contributed by atoms with E-state index in [1.807, 2.05) is 18.2 Å². The van der Waals surface area contributed by atoms with Crippen molar-refractivity contribution in [3.63, 3.8) is 0 Å². The molecule has 1 aromatic carbocycles. The van der Waals surface area contributed by atoms with E-state index in [-0.39, 0.29) is 6.04 Å². The lowest BCUT2D eigenvalue weighted by Gasteiger charge is -2.41. The first-order valence-corrected chi connectivity index (χ1v) is 8.19. The van der Waals surface area contributed by atoms with Gasteiger partial charge in [0.15, 0.2) is 11.5 Å². The van der Waals surface area contributed by atoms with Gasteiger partial charge in [-0.25, -0.2) is 0 Å². The van der Waals surface area contributed by atoms with E-state index in [2.05, 4.69) is 10.2 Å². The van der Waals surface area contributed by atoms with E-state index in [0.29, 0.717) is 17.4 Å². The minimum absolute atomic E-state index is 0.237. The number of benzene rings is 1. The highest BCUT2D eigenvalue weighted by Crippen LogP contribution is 2.42. The van der Waals surface area contributed by atoms with Crippen LogP contribution in [0, 0.1) is 5.92 Å². The number of hydrogen-bond acceptors (Lipinski definition) is 5. The second kappa shape index (κ2) is 7.31. The molecule has 122 valence electrons. The predicted octanol–water partition coefficient (Wildman–Crippen LogP) is 1.77. The molecule has 5 heteroatoms. The first-order valence-electron chi connectivity index (χ1n) is 8.19. The van der Waals surface area contributed by atoms with Crippen molar-refractivity contribution in [3.8, 4) is 11.5 Å². The highest BCUT2D eigenvalue weighted by molar-refractivity contribution is 5.47. The molecule has 2 saturated heterocycles. The van der Waals surface area contributed by atoms with Gasteiger partial charge in [-0.15, -0.1) is 0 Å². The van der Waals surface area contributed by atoms with Gasteiger partial charge in [0.05, 0.1) is 7.11 Å². The summed E-state index contributed by atoms with van der Waals surface area (Å²) >= 11 is 0. The second-order valence-corrected chi connectivity index (χ2v) is 6.08. The zero-order valence-electron chi connectivity index (χ0n) is 13.3. The van der Waals surface area contributed by atoms with Gasteiger partial charge in [0.25, 0.3) is 0 Å². The molecule has 2 fully saturated rings. The Labute approximate surface area is 132 Å². The van der Waals surface area contributed by atoms with Crippen molar-refractivity contribution in [3.05, 3.63) is 23.8 Å². The highest BCUT2D eigenvalue weighted by Gasteiger charge is 2.33. The molecule has 0 bridgehead atoms. The first kappa shape index (κ1) is 15.6. The van der Waals surface area contributed by atoms with Crippen LogP contribution in [0.2, 0.25) is 0 Å². The standard InChI is InChI=1S/C17H26N2O3/c1-21-15-4-2-3-14(17(15)20)16(13-5-11-22-12-6-13)19-9-7-18-8-10-19/h2-4,13,16,18,20H,5-12H2,1H3/t16-/m0/s1. The number of rotatable bonds is 4. The molecule has 2 heterocycles. The van der Waals surface area contributed by atoms with Crippen LogP contribution in [0.5, 0.6) is 11.5 Å². The molecule has 3 rings (SSSR count). The molecule has 22 heavy (non-hydrogen) atoms. The third kappa shape index (κ3) is 3.21. The topological polar surface area (TPSA) is 54.0 Å². The van der Waals surface area contributed by atoms with Gasteiger partial charge < -0.3 is 19.9 Å². The fourth-order valence-corrected chi connectivity index (χ4v) is 3.68. The van der Waals surface area contributed by atoms with E-state index in [4.69, 9.17) is 9.47 Å². The van der Waals surface area contributed by atoms with E-state index >= 15 is 0 Å². The number of phenolic OH excluding ortho intramolecular Hbond substituents is 1. The van der Waals surface area contributed by atoms with Crippen molar-refractivity contribution in [1.29, 1.82) is 0 Å². The fourth-order valence-electron chi connectivity index (χ4n) is 3.68. The number of hydrogen-bond donors (Lipinski definition) is 2. The molecule has 0 saturated carbocycles. The summed E-state index contributed by atoms with van der Waals surface area (Å²) in [6, 6.07) is 6.07.